The Bertz CT molecular complexity index is 543. The van der Waals surface area contributed by atoms with Crippen LogP contribution in [0.1, 0.15) is 17.9 Å². The van der Waals surface area contributed by atoms with Crippen molar-refractivity contribution in [3.05, 3.63) is 35.6 Å². The second kappa shape index (κ2) is 6.22. The van der Waals surface area contributed by atoms with E-state index in [4.69, 9.17) is 10.5 Å². The molecule has 3 N–H and O–H groups in total. The Labute approximate surface area is 129 Å². The quantitative estimate of drug-likeness (QED) is 0.641. The number of guanidine groups is 1. The van der Waals surface area contributed by atoms with Gasteiger partial charge in [0.1, 0.15) is 5.82 Å². The molecule has 0 spiro atoms. The average Bonchev–Trinajstić information content (AvgIpc) is 3.29. The van der Waals surface area contributed by atoms with Gasteiger partial charge >= 0.3 is 0 Å². The van der Waals surface area contributed by atoms with Crippen LogP contribution in [0, 0.1) is 11.2 Å². The van der Waals surface area contributed by atoms with Crippen molar-refractivity contribution in [3.63, 3.8) is 0 Å². The van der Waals surface area contributed by atoms with Crippen LogP contribution in [0.3, 0.4) is 0 Å². The van der Waals surface area contributed by atoms with E-state index in [-0.39, 0.29) is 23.8 Å². The molecule has 1 saturated carbocycles. The molecule has 2 atom stereocenters. The van der Waals surface area contributed by atoms with Gasteiger partial charge in [0.2, 0.25) is 0 Å². The maximum Gasteiger partial charge on any atom is 0.191 e. The average molecular weight is 307 g/mol. The molecule has 0 bridgehead atoms. The molecule has 120 valence electrons. The lowest BCUT2D eigenvalue weighted by atomic mass is 10.00. The van der Waals surface area contributed by atoms with Crippen LogP contribution < -0.4 is 5.73 Å². The van der Waals surface area contributed by atoms with E-state index >= 15 is 0 Å². The van der Waals surface area contributed by atoms with Crippen LogP contribution in [0.15, 0.2) is 29.3 Å². The van der Waals surface area contributed by atoms with Crippen molar-refractivity contribution < 1.29 is 14.2 Å². The molecule has 2 unspecified atom stereocenters. The minimum Gasteiger partial charge on any atom is -0.396 e. The highest BCUT2D eigenvalue weighted by Crippen LogP contribution is 2.59. The normalized spacial score (nSPS) is 28.7. The maximum absolute atomic E-state index is 13.0. The first-order valence-electron chi connectivity index (χ1n) is 7.63. The molecule has 2 fully saturated rings. The van der Waals surface area contributed by atoms with Gasteiger partial charge in [-0.25, -0.2) is 4.39 Å². The Balaban J connectivity index is 1.64. The van der Waals surface area contributed by atoms with Gasteiger partial charge in [0.05, 0.1) is 26.4 Å². The number of nitrogens with zero attached hydrogens (tertiary/aromatic N) is 2. The lowest BCUT2D eigenvalue weighted by Crippen LogP contribution is -2.45. The molecule has 1 aliphatic carbocycles. The molecule has 0 amide bonds. The molecular weight excluding hydrogens is 285 g/mol. The minimum atomic E-state index is -0.255. The third kappa shape index (κ3) is 3.08. The van der Waals surface area contributed by atoms with Gasteiger partial charge in [0.25, 0.3) is 0 Å². The summed E-state index contributed by atoms with van der Waals surface area (Å²) in [6, 6.07) is 6.49. The standard InChI is InChI=1S/C16H22FN3O2/c17-13-3-1-12(2-4-13)14-9-16(14,11-21)10-19-15(18)20-5-7-22-8-6-20/h1-4,14,21H,5-11H2,(H2,18,19). The Morgan fingerprint density at radius 3 is 2.68 bits per heavy atom. The summed E-state index contributed by atoms with van der Waals surface area (Å²) in [5, 5.41) is 9.75. The van der Waals surface area contributed by atoms with Gasteiger partial charge in [-0.3, -0.25) is 4.99 Å². The van der Waals surface area contributed by atoms with Gasteiger partial charge in [0.15, 0.2) is 5.96 Å². The van der Waals surface area contributed by atoms with Crippen molar-refractivity contribution in [2.24, 2.45) is 16.1 Å². The maximum atomic E-state index is 13.0. The van der Waals surface area contributed by atoms with Crippen molar-refractivity contribution in [2.45, 2.75) is 12.3 Å². The zero-order valence-corrected chi connectivity index (χ0v) is 12.5. The molecule has 22 heavy (non-hydrogen) atoms. The van der Waals surface area contributed by atoms with E-state index in [1.165, 1.54) is 12.1 Å². The van der Waals surface area contributed by atoms with E-state index in [0.717, 1.165) is 25.1 Å². The van der Waals surface area contributed by atoms with Crippen molar-refractivity contribution in [2.75, 3.05) is 39.5 Å². The molecule has 1 heterocycles. The first kappa shape index (κ1) is 15.2. The first-order valence-corrected chi connectivity index (χ1v) is 7.63. The number of aliphatic hydroxyl groups excluding tert-OH is 1. The van der Waals surface area contributed by atoms with Crippen LogP contribution >= 0.6 is 0 Å². The molecule has 1 aromatic carbocycles. The SMILES string of the molecule is NC(=NCC1(CO)CC1c1ccc(F)cc1)N1CCOCC1. The van der Waals surface area contributed by atoms with E-state index < -0.39 is 0 Å². The number of benzene rings is 1. The van der Waals surface area contributed by atoms with Gasteiger partial charge < -0.3 is 20.5 Å². The van der Waals surface area contributed by atoms with E-state index in [1.54, 1.807) is 12.1 Å². The first-order chi connectivity index (χ1) is 10.6. The third-order valence-electron chi connectivity index (χ3n) is 4.67. The molecule has 0 radical (unpaired) electrons. The zero-order valence-electron chi connectivity index (χ0n) is 12.5. The Hall–Kier alpha value is -1.66. The molecule has 6 heteroatoms. The third-order valence-corrected chi connectivity index (χ3v) is 4.67. The highest BCUT2D eigenvalue weighted by molar-refractivity contribution is 5.78. The lowest BCUT2D eigenvalue weighted by Gasteiger charge is -2.28. The molecular formula is C16H22FN3O2. The summed E-state index contributed by atoms with van der Waals surface area (Å²) in [6.45, 7) is 3.40. The van der Waals surface area contributed by atoms with E-state index in [2.05, 4.69) is 4.99 Å². The number of aliphatic imine (C=N–C) groups is 1. The monoisotopic (exact) mass is 307 g/mol. The molecule has 0 aromatic heterocycles. The summed E-state index contributed by atoms with van der Waals surface area (Å²) >= 11 is 0. The Morgan fingerprint density at radius 1 is 1.36 bits per heavy atom. The van der Waals surface area contributed by atoms with Crippen molar-refractivity contribution in [3.8, 4) is 0 Å². The number of halogens is 1. The van der Waals surface area contributed by atoms with E-state index in [0.29, 0.717) is 25.7 Å². The number of hydrogen-bond acceptors (Lipinski definition) is 3. The van der Waals surface area contributed by atoms with Gasteiger partial charge in [0, 0.05) is 18.5 Å². The van der Waals surface area contributed by atoms with Gasteiger partial charge in [-0.1, -0.05) is 12.1 Å². The van der Waals surface area contributed by atoms with Crippen molar-refractivity contribution in [1.29, 1.82) is 0 Å². The topological polar surface area (TPSA) is 71.1 Å². The van der Waals surface area contributed by atoms with Gasteiger partial charge in [-0.2, -0.15) is 0 Å². The Morgan fingerprint density at radius 2 is 2.05 bits per heavy atom. The number of hydrogen-bond donors (Lipinski definition) is 2. The highest BCUT2D eigenvalue weighted by Gasteiger charge is 2.54. The second-order valence-electron chi connectivity index (χ2n) is 6.10. The molecule has 5 nitrogen and oxygen atoms in total. The summed E-state index contributed by atoms with van der Waals surface area (Å²) in [5.74, 6) is 0.494. The largest absolute Gasteiger partial charge is 0.396 e. The van der Waals surface area contributed by atoms with E-state index in [9.17, 15) is 9.50 Å². The lowest BCUT2D eigenvalue weighted by molar-refractivity contribution is 0.0673. The number of aliphatic hydroxyl groups is 1. The summed E-state index contributed by atoms with van der Waals surface area (Å²) < 4.78 is 18.3. The Kier molecular flexibility index (Phi) is 4.31. The van der Waals surface area contributed by atoms with Crippen LogP contribution in [0.25, 0.3) is 0 Å². The fraction of sp³-hybridized carbons (Fsp3) is 0.562. The van der Waals surface area contributed by atoms with Crippen LogP contribution in [0.5, 0.6) is 0 Å². The molecule has 2 aliphatic rings. The predicted molar refractivity (Wildman–Crippen MR) is 82.2 cm³/mol. The molecule has 1 aliphatic heterocycles. The predicted octanol–water partition coefficient (Wildman–Crippen LogP) is 0.939. The number of ether oxygens (including phenoxy) is 1. The van der Waals surface area contributed by atoms with E-state index in [1.807, 2.05) is 4.90 Å². The fourth-order valence-corrected chi connectivity index (χ4v) is 3.04. The highest BCUT2D eigenvalue weighted by atomic mass is 19.1. The smallest absolute Gasteiger partial charge is 0.191 e. The number of rotatable bonds is 4. The number of nitrogens with two attached hydrogens (primary N) is 1. The minimum absolute atomic E-state index is 0.0644. The molecule has 1 aromatic rings. The van der Waals surface area contributed by atoms with Crippen LogP contribution in [0.4, 0.5) is 4.39 Å². The van der Waals surface area contributed by atoms with Gasteiger partial charge in [-0.05, 0) is 30.0 Å². The van der Waals surface area contributed by atoms with Crippen LogP contribution in [0.2, 0.25) is 0 Å². The van der Waals surface area contributed by atoms with Crippen LogP contribution in [-0.2, 0) is 4.74 Å². The number of morpholine rings is 1. The zero-order chi connectivity index (χ0) is 15.6. The van der Waals surface area contributed by atoms with Gasteiger partial charge in [-0.15, -0.1) is 0 Å². The van der Waals surface area contributed by atoms with Crippen molar-refractivity contribution >= 4 is 5.96 Å². The van der Waals surface area contributed by atoms with Crippen molar-refractivity contribution in [1.82, 2.24) is 4.90 Å². The molecule has 3 rings (SSSR count). The summed E-state index contributed by atoms with van der Waals surface area (Å²) in [6.07, 6.45) is 0.856. The summed E-state index contributed by atoms with van der Waals surface area (Å²) in [5.41, 5.74) is 6.83. The fourth-order valence-electron chi connectivity index (χ4n) is 3.04. The molecule has 1 saturated heterocycles. The van der Waals surface area contributed by atoms with Crippen LogP contribution in [-0.4, -0.2) is 55.4 Å². The second-order valence-corrected chi connectivity index (χ2v) is 6.10. The summed E-state index contributed by atoms with van der Waals surface area (Å²) in [4.78, 5) is 6.48. The summed E-state index contributed by atoms with van der Waals surface area (Å²) in [7, 11) is 0.